The van der Waals surface area contributed by atoms with E-state index in [0.29, 0.717) is 17.0 Å². The second kappa shape index (κ2) is 6.87. The lowest BCUT2D eigenvalue weighted by molar-refractivity contribution is -0.111. The van der Waals surface area contributed by atoms with Crippen LogP contribution in [0, 0.1) is 0 Å². The van der Waals surface area contributed by atoms with Crippen LogP contribution in [0.5, 0.6) is 0 Å². The van der Waals surface area contributed by atoms with Crippen molar-refractivity contribution in [2.45, 2.75) is 6.92 Å². The normalized spacial score (nSPS) is 11.7. The van der Waals surface area contributed by atoms with E-state index in [0.717, 1.165) is 5.56 Å². The van der Waals surface area contributed by atoms with E-state index in [-0.39, 0.29) is 17.1 Å². The minimum absolute atomic E-state index is 0.0948. The molecule has 0 saturated carbocycles. The van der Waals surface area contributed by atoms with Crippen LogP contribution in [0.2, 0.25) is 0 Å². The van der Waals surface area contributed by atoms with Crippen LogP contribution in [0.4, 0.5) is 0 Å². The van der Waals surface area contributed by atoms with E-state index in [1.165, 1.54) is 13.1 Å². The van der Waals surface area contributed by atoms with Gasteiger partial charge in [0.25, 0.3) is 0 Å². The molecule has 1 aromatic heterocycles. The Morgan fingerprint density at radius 2 is 1.54 bits per heavy atom. The minimum Gasteiger partial charge on any atom is -0.506 e. The van der Waals surface area contributed by atoms with Gasteiger partial charge in [-0.05, 0) is 6.92 Å². The fourth-order valence-electron chi connectivity index (χ4n) is 2.44. The predicted molar refractivity (Wildman–Crippen MR) is 94.0 cm³/mol. The summed E-state index contributed by atoms with van der Waals surface area (Å²) < 4.78 is 0. The third kappa shape index (κ3) is 3.22. The molecule has 1 N–H and O–H groups in total. The Bertz CT molecular complexity index is 888. The molecule has 0 amide bonds. The fraction of sp³-hybridized carbons (Fsp3) is 0.0500. The first-order valence-electron chi connectivity index (χ1n) is 7.54. The summed E-state index contributed by atoms with van der Waals surface area (Å²) in [6.45, 7) is 1.41. The first-order chi connectivity index (χ1) is 11.7. The molecule has 0 unspecified atom stereocenters. The second-order valence-electron chi connectivity index (χ2n) is 5.30. The zero-order chi connectivity index (χ0) is 16.9. The molecule has 3 aromatic rings. The summed E-state index contributed by atoms with van der Waals surface area (Å²) in [6, 6.07) is 18.5. The molecule has 0 atom stereocenters. The van der Waals surface area contributed by atoms with E-state index < -0.39 is 0 Å². The Morgan fingerprint density at radius 3 is 2.17 bits per heavy atom. The summed E-state index contributed by atoms with van der Waals surface area (Å²) in [6.07, 6.45) is 3.12. The number of carbonyl (C=O) groups excluding carboxylic acids is 1. The molecule has 2 aromatic carbocycles. The van der Waals surface area contributed by atoms with Gasteiger partial charge in [0.1, 0.15) is 5.76 Å². The zero-order valence-corrected chi connectivity index (χ0v) is 13.2. The molecule has 4 nitrogen and oxygen atoms in total. The summed E-state index contributed by atoms with van der Waals surface area (Å²) in [5.41, 5.74) is 2.62. The molecule has 118 valence electrons. The number of aliphatic hydroxyl groups excluding tert-OH is 1. The lowest BCUT2D eigenvalue weighted by Crippen LogP contribution is -2.04. The molecule has 0 aliphatic rings. The molecule has 0 saturated heterocycles. The molecular formula is C20H16N2O2. The number of Topliss-reactive ketones (excluding diaryl/α,β-unsaturated/α-hetero) is 1. The summed E-state index contributed by atoms with van der Waals surface area (Å²) in [5.74, 6) is -0.363. The van der Waals surface area contributed by atoms with Crippen molar-refractivity contribution in [2.75, 3.05) is 0 Å². The zero-order valence-electron chi connectivity index (χ0n) is 13.2. The highest BCUT2D eigenvalue weighted by Gasteiger charge is 2.17. The van der Waals surface area contributed by atoms with Crippen LogP contribution in [0.25, 0.3) is 22.6 Å². The van der Waals surface area contributed by atoms with Gasteiger partial charge in [-0.3, -0.25) is 9.78 Å². The Labute approximate surface area is 140 Å². The first-order valence-corrected chi connectivity index (χ1v) is 7.54. The van der Waals surface area contributed by atoms with Crippen LogP contribution in [-0.2, 0) is 4.79 Å². The van der Waals surface area contributed by atoms with Crippen molar-refractivity contribution in [3.05, 3.63) is 84.3 Å². The molecule has 0 spiro atoms. The van der Waals surface area contributed by atoms with Crippen LogP contribution in [-0.4, -0.2) is 20.9 Å². The van der Waals surface area contributed by atoms with Crippen molar-refractivity contribution >= 4 is 17.1 Å². The number of hydrogen-bond acceptors (Lipinski definition) is 4. The monoisotopic (exact) mass is 316 g/mol. The summed E-state index contributed by atoms with van der Waals surface area (Å²) >= 11 is 0. The number of hydrogen-bond donors (Lipinski definition) is 1. The third-order valence-corrected chi connectivity index (χ3v) is 3.60. The highest BCUT2D eigenvalue weighted by atomic mass is 16.3. The average molecular weight is 316 g/mol. The van der Waals surface area contributed by atoms with E-state index in [2.05, 4.69) is 9.97 Å². The minimum atomic E-state index is -0.268. The number of allylic oxidation sites excluding steroid dienone is 1. The maximum atomic E-state index is 12.1. The fourth-order valence-corrected chi connectivity index (χ4v) is 2.44. The van der Waals surface area contributed by atoms with Gasteiger partial charge in [0.2, 0.25) is 0 Å². The quantitative estimate of drug-likeness (QED) is 0.580. The number of ketones is 1. The topological polar surface area (TPSA) is 63.1 Å². The number of carbonyl (C=O) groups is 1. The highest BCUT2D eigenvalue weighted by molar-refractivity contribution is 6.25. The SMILES string of the molecule is CC(=O)/C(=C(/O)c1ccccc1)c1cncc(-c2ccccc2)n1. The van der Waals surface area contributed by atoms with Crippen molar-refractivity contribution < 1.29 is 9.90 Å². The average Bonchev–Trinajstić information content (AvgIpc) is 2.63. The van der Waals surface area contributed by atoms with Crippen molar-refractivity contribution in [3.63, 3.8) is 0 Å². The largest absolute Gasteiger partial charge is 0.506 e. The molecule has 0 bridgehead atoms. The van der Waals surface area contributed by atoms with Gasteiger partial charge < -0.3 is 5.11 Å². The van der Waals surface area contributed by atoms with Gasteiger partial charge in [0.05, 0.1) is 29.4 Å². The Hall–Kier alpha value is -3.27. The van der Waals surface area contributed by atoms with Gasteiger partial charge in [-0.25, -0.2) is 4.98 Å². The molecular weight excluding hydrogens is 300 g/mol. The summed E-state index contributed by atoms with van der Waals surface area (Å²) in [4.78, 5) is 20.8. The van der Waals surface area contributed by atoms with Crippen molar-refractivity contribution in [3.8, 4) is 11.3 Å². The predicted octanol–water partition coefficient (Wildman–Crippen LogP) is 4.16. The van der Waals surface area contributed by atoms with E-state index in [4.69, 9.17) is 0 Å². The Kier molecular flexibility index (Phi) is 4.47. The number of aliphatic hydroxyl groups is 1. The van der Waals surface area contributed by atoms with Crippen molar-refractivity contribution in [2.24, 2.45) is 0 Å². The maximum absolute atomic E-state index is 12.1. The van der Waals surface area contributed by atoms with Gasteiger partial charge in [-0.1, -0.05) is 60.7 Å². The van der Waals surface area contributed by atoms with E-state index >= 15 is 0 Å². The van der Waals surface area contributed by atoms with Crippen LogP contribution in [0.1, 0.15) is 18.2 Å². The standard InChI is InChI=1S/C20H16N2O2/c1-14(23)19(20(24)16-10-6-3-7-11-16)18-13-21-12-17(22-18)15-8-4-2-5-9-15/h2-13,24H,1H3/b20-19-. The lowest BCUT2D eigenvalue weighted by Gasteiger charge is -2.09. The van der Waals surface area contributed by atoms with Crippen LogP contribution in [0.3, 0.4) is 0 Å². The number of aromatic nitrogens is 2. The molecule has 4 heteroatoms. The number of rotatable bonds is 4. The van der Waals surface area contributed by atoms with Gasteiger partial charge in [-0.15, -0.1) is 0 Å². The molecule has 0 aliphatic carbocycles. The van der Waals surface area contributed by atoms with Gasteiger partial charge in [0, 0.05) is 11.1 Å². The van der Waals surface area contributed by atoms with E-state index in [1.807, 2.05) is 36.4 Å². The number of nitrogens with zero attached hydrogens (tertiary/aromatic N) is 2. The van der Waals surface area contributed by atoms with E-state index in [1.54, 1.807) is 30.5 Å². The number of benzene rings is 2. The van der Waals surface area contributed by atoms with E-state index in [9.17, 15) is 9.90 Å². The Morgan fingerprint density at radius 1 is 0.917 bits per heavy atom. The second-order valence-corrected chi connectivity index (χ2v) is 5.30. The molecule has 0 aliphatic heterocycles. The summed E-state index contributed by atoms with van der Waals surface area (Å²) in [5, 5.41) is 10.6. The van der Waals surface area contributed by atoms with Gasteiger partial charge in [-0.2, -0.15) is 0 Å². The molecule has 24 heavy (non-hydrogen) atoms. The van der Waals surface area contributed by atoms with Gasteiger partial charge in [0.15, 0.2) is 5.78 Å². The van der Waals surface area contributed by atoms with Crippen LogP contribution in [0.15, 0.2) is 73.1 Å². The Balaban J connectivity index is 2.13. The third-order valence-electron chi connectivity index (χ3n) is 3.60. The highest BCUT2D eigenvalue weighted by Crippen LogP contribution is 2.25. The molecule has 3 rings (SSSR count). The van der Waals surface area contributed by atoms with Crippen molar-refractivity contribution in [1.29, 1.82) is 0 Å². The summed E-state index contributed by atoms with van der Waals surface area (Å²) in [7, 11) is 0. The van der Waals surface area contributed by atoms with Gasteiger partial charge >= 0.3 is 0 Å². The molecule has 1 heterocycles. The maximum Gasteiger partial charge on any atom is 0.165 e. The van der Waals surface area contributed by atoms with Crippen LogP contribution < -0.4 is 0 Å². The smallest absolute Gasteiger partial charge is 0.165 e. The van der Waals surface area contributed by atoms with Crippen LogP contribution >= 0.6 is 0 Å². The first kappa shape index (κ1) is 15.6. The lowest BCUT2D eigenvalue weighted by atomic mass is 10.0. The van der Waals surface area contributed by atoms with Crippen molar-refractivity contribution in [1.82, 2.24) is 9.97 Å². The molecule has 0 fully saturated rings. The molecule has 0 radical (unpaired) electrons.